The van der Waals surface area contributed by atoms with Gasteiger partial charge >= 0.3 is 0 Å². The minimum Gasteiger partial charge on any atom is -0.391 e. The molecule has 1 fully saturated rings. The van der Waals surface area contributed by atoms with Crippen LogP contribution in [-0.4, -0.2) is 65.8 Å². The Labute approximate surface area is 126 Å². The van der Waals surface area contributed by atoms with Gasteiger partial charge in [0.2, 0.25) is 0 Å². The van der Waals surface area contributed by atoms with E-state index in [0.29, 0.717) is 6.42 Å². The first kappa shape index (κ1) is 14.4. The van der Waals surface area contributed by atoms with E-state index in [9.17, 15) is 5.11 Å². The Morgan fingerprint density at radius 1 is 1.24 bits per heavy atom. The highest BCUT2D eigenvalue weighted by molar-refractivity contribution is 5.81. The van der Waals surface area contributed by atoms with Crippen LogP contribution in [-0.2, 0) is 6.42 Å². The van der Waals surface area contributed by atoms with E-state index in [1.807, 2.05) is 30.5 Å². The number of fused-ring (bicyclic) bond motifs is 1. The molecule has 0 amide bonds. The molecule has 1 aliphatic rings. The van der Waals surface area contributed by atoms with Crippen molar-refractivity contribution in [3.63, 3.8) is 0 Å². The van der Waals surface area contributed by atoms with E-state index in [1.54, 1.807) is 0 Å². The van der Waals surface area contributed by atoms with Crippen LogP contribution in [0.2, 0.25) is 0 Å². The van der Waals surface area contributed by atoms with Crippen molar-refractivity contribution in [2.45, 2.75) is 18.6 Å². The second-order valence-corrected chi connectivity index (χ2v) is 6.07. The van der Waals surface area contributed by atoms with E-state index < -0.39 is 0 Å². The molecular weight excluding hydrogens is 262 g/mol. The molecule has 3 rings (SSSR count). The molecule has 0 spiro atoms. The summed E-state index contributed by atoms with van der Waals surface area (Å²) in [6.45, 7) is 2.99. The quantitative estimate of drug-likeness (QED) is 0.925. The molecular formula is C17H23N3O. The summed E-state index contributed by atoms with van der Waals surface area (Å²) in [5, 5.41) is 11.8. The van der Waals surface area contributed by atoms with Gasteiger partial charge in [0.1, 0.15) is 0 Å². The third kappa shape index (κ3) is 3.07. The first-order valence-electron chi connectivity index (χ1n) is 7.54. The molecule has 1 N–H and O–H groups in total. The lowest BCUT2D eigenvalue weighted by Gasteiger charge is -2.40. The van der Waals surface area contributed by atoms with Crippen LogP contribution in [0.15, 0.2) is 36.5 Å². The third-order valence-corrected chi connectivity index (χ3v) is 4.51. The molecule has 2 aromatic rings. The van der Waals surface area contributed by atoms with Gasteiger partial charge in [0, 0.05) is 43.7 Å². The van der Waals surface area contributed by atoms with E-state index in [-0.39, 0.29) is 12.1 Å². The maximum Gasteiger partial charge on any atom is 0.0748 e. The standard InChI is InChI=1S/C17H23N3O/c1-19-9-10-20(2)16(12-19)17(21)11-13-7-8-18-15-6-4-3-5-14(13)15/h3-8,16-17,21H,9-12H2,1-2H3. The number of nitrogens with zero attached hydrogens (tertiary/aromatic N) is 3. The van der Waals surface area contributed by atoms with Gasteiger partial charge in [-0.3, -0.25) is 9.88 Å². The molecule has 2 unspecified atom stereocenters. The van der Waals surface area contributed by atoms with Crippen LogP contribution >= 0.6 is 0 Å². The highest BCUT2D eigenvalue weighted by Crippen LogP contribution is 2.20. The van der Waals surface area contributed by atoms with Crippen LogP contribution in [0.1, 0.15) is 5.56 Å². The van der Waals surface area contributed by atoms with Crippen LogP contribution < -0.4 is 0 Å². The van der Waals surface area contributed by atoms with Crippen molar-refractivity contribution >= 4 is 10.9 Å². The fourth-order valence-corrected chi connectivity index (χ4v) is 3.15. The zero-order chi connectivity index (χ0) is 14.8. The lowest BCUT2D eigenvalue weighted by Crippen LogP contribution is -2.55. The number of pyridine rings is 1. The summed E-state index contributed by atoms with van der Waals surface area (Å²) >= 11 is 0. The average Bonchev–Trinajstić information content (AvgIpc) is 2.50. The Hall–Kier alpha value is -1.49. The number of aliphatic hydroxyl groups excluding tert-OH is 1. The number of rotatable bonds is 3. The van der Waals surface area contributed by atoms with E-state index in [4.69, 9.17) is 0 Å². The highest BCUT2D eigenvalue weighted by Gasteiger charge is 2.28. The Kier molecular flexibility index (Phi) is 4.19. The molecule has 0 bridgehead atoms. The van der Waals surface area contributed by atoms with Crippen molar-refractivity contribution in [3.05, 3.63) is 42.1 Å². The number of para-hydroxylation sites is 1. The minimum atomic E-state index is -0.358. The molecule has 1 aromatic heterocycles. The number of aromatic nitrogens is 1. The van der Waals surface area contributed by atoms with Gasteiger partial charge in [-0.15, -0.1) is 0 Å². The van der Waals surface area contributed by atoms with Gasteiger partial charge in [-0.25, -0.2) is 0 Å². The largest absolute Gasteiger partial charge is 0.391 e. The predicted octanol–water partition coefficient (Wildman–Crippen LogP) is 1.38. The molecule has 2 heterocycles. The zero-order valence-electron chi connectivity index (χ0n) is 12.7. The second-order valence-electron chi connectivity index (χ2n) is 6.07. The van der Waals surface area contributed by atoms with E-state index in [1.165, 1.54) is 5.56 Å². The van der Waals surface area contributed by atoms with E-state index in [0.717, 1.165) is 30.5 Å². The van der Waals surface area contributed by atoms with Crippen LogP contribution in [0.4, 0.5) is 0 Å². The average molecular weight is 285 g/mol. The van der Waals surface area contributed by atoms with Gasteiger partial charge in [-0.05, 0) is 31.8 Å². The summed E-state index contributed by atoms with van der Waals surface area (Å²) in [5.74, 6) is 0. The highest BCUT2D eigenvalue weighted by atomic mass is 16.3. The lowest BCUT2D eigenvalue weighted by atomic mass is 9.97. The van der Waals surface area contributed by atoms with Crippen molar-refractivity contribution in [3.8, 4) is 0 Å². The fourth-order valence-electron chi connectivity index (χ4n) is 3.15. The second kappa shape index (κ2) is 6.10. The Morgan fingerprint density at radius 2 is 2.05 bits per heavy atom. The van der Waals surface area contributed by atoms with E-state index in [2.05, 4.69) is 34.9 Å². The van der Waals surface area contributed by atoms with Gasteiger partial charge in [0.15, 0.2) is 0 Å². The Bertz CT molecular complexity index is 611. The maximum atomic E-state index is 10.7. The van der Waals surface area contributed by atoms with Crippen molar-refractivity contribution in [2.75, 3.05) is 33.7 Å². The predicted molar refractivity (Wildman–Crippen MR) is 85.4 cm³/mol. The third-order valence-electron chi connectivity index (χ3n) is 4.51. The summed E-state index contributed by atoms with van der Waals surface area (Å²) in [6, 6.07) is 10.3. The number of hydrogen-bond donors (Lipinski definition) is 1. The molecule has 112 valence electrons. The summed E-state index contributed by atoms with van der Waals surface area (Å²) < 4.78 is 0. The number of piperazine rings is 1. The van der Waals surface area contributed by atoms with Gasteiger partial charge in [0.05, 0.1) is 11.6 Å². The zero-order valence-corrected chi connectivity index (χ0v) is 12.7. The molecule has 1 aliphatic heterocycles. The molecule has 0 aliphatic carbocycles. The van der Waals surface area contributed by atoms with Crippen molar-refractivity contribution in [2.24, 2.45) is 0 Å². The van der Waals surface area contributed by atoms with Crippen LogP contribution in [0.5, 0.6) is 0 Å². The first-order chi connectivity index (χ1) is 10.1. The molecule has 0 saturated carbocycles. The van der Waals surface area contributed by atoms with Crippen LogP contribution in [0, 0.1) is 0 Å². The number of benzene rings is 1. The van der Waals surface area contributed by atoms with E-state index >= 15 is 0 Å². The van der Waals surface area contributed by atoms with Crippen molar-refractivity contribution in [1.29, 1.82) is 0 Å². The number of hydrogen-bond acceptors (Lipinski definition) is 4. The SMILES string of the molecule is CN1CCN(C)C(C(O)Cc2ccnc3ccccc23)C1. The van der Waals surface area contributed by atoms with Crippen molar-refractivity contribution < 1.29 is 5.11 Å². The van der Waals surface area contributed by atoms with Gasteiger partial charge in [0.25, 0.3) is 0 Å². The molecule has 4 nitrogen and oxygen atoms in total. The van der Waals surface area contributed by atoms with Crippen molar-refractivity contribution in [1.82, 2.24) is 14.8 Å². The lowest BCUT2D eigenvalue weighted by molar-refractivity contribution is 0.0154. The minimum absolute atomic E-state index is 0.190. The fraction of sp³-hybridized carbons (Fsp3) is 0.471. The smallest absolute Gasteiger partial charge is 0.0748 e. The molecule has 1 aromatic carbocycles. The summed E-state index contributed by atoms with van der Waals surface area (Å²) in [4.78, 5) is 8.95. The topological polar surface area (TPSA) is 39.6 Å². The van der Waals surface area contributed by atoms with Gasteiger partial charge in [-0.2, -0.15) is 0 Å². The van der Waals surface area contributed by atoms with Crippen LogP contribution in [0.25, 0.3) is 10.9 Å². The number of likely N-dealkylation sites (N-methyl/N-ethyl adjacent to an activating group) is 2. The Balaban J connectivity index is 1.81. The monoisotopic (exact) mass is 285 g/mol. The molecule has 2 atom stereocenters. The summed E-state index contributed by atoms with van der Waals surface area (Å²) in [7, 11) is 4.22. The normalized spacial score (nSPS) is 22.5. The molecule has 21 heavy (non-hydrogen) atoms. The first-order valence-corrected chi connectivity index (χ1v) is 7.54. The van der Waals surface area contributed by atoms with Crippen LogP contribution in [0.3, 0.4) is 0 Å². The summed E-state index contributed by atoms with van der Waals surface area (Å²) in [5.41, 5.74) is 2.17. The maximum absolute atomic E-state index is 10.7. The molecule has 1 saturated heterocycles. The summed E-state index contributed by atoms with van der Waals surface area (Å²) in [6.07, 6.45) is 2.15. The molecule has 4 heteroatoms. The van der Waals surface area contributed by atoms with Gasteiger partial charge < -0.3 is 10.0 Å². The Morgan fingerprint density at radius 3 is 2.90 bits per heavy atom. The molecule has 0 radical (unpaired) electrons. The number of aliphatic hydroxyl groups is 1. The van der Waals surface area contributed by atoms with Gasteiger partial charge in [-0.1, -0.05) is 18.2 Å².